The van der Waals surface area contributed by atoms with Crippen LogP contribution in [0.4, 0.5) is 8.78 Å². The van der Waals surface area contributed by atoms with Crippen LogP contribution >= 0.6 is 11.3 Å². The molecule has 0 bridgehead atoms. The van der Waals surface area contributed by atoms with Crippen LogP contribution in [-0.4, -0.2) is 11.0 Å². The molecule has 0 aliphatic heterocycles. The van der Waals surface area contributed by atoms with E-state index in [2.05, 4.69) is 0 Å². The molecule has 0 radical (unpaired) electrons. The van der Waals surface area contributed by atoms with Crippen LogP contribution in [0.1, 0.15) is 23.3 Å². The summed E-state index contributed by atoms with van der Waals surface area (Å²) in [5.74, 6) is -2.77. The molecule has 1 aliphatic rings. The molecule has 0 amide bonds. The molecule has 1 atom stereocenters. The van der Waals surface area contributed by atoms with E-state index in [4.69, 9.17) is 0 Å². The molecule has 82 valence electrons. The first-order valence-corrected chi connectivity index (χ1v) is 5.66. The standard InChI is InChI=1S/C11H12F2OS/c1-8-2-7-15-9(8)10(14)3-5-11(12,13)6-4-10/h2-3,5,7,14H,4,6H2,1H3. The van der Waals surface area contributed by atoms with Crippen molar-refractivity contribution < 1.29 is 13.9 Å². The van der Waals surface area contributed by atoms with Gasteiger partial charge >= 0.3 is 0 Å². The Bertz CT molecular complexity index is 397. The minimum atomic E-state index is -2.77. The lowest BCUT2D eigenvalue weighted by atomic mass is 9.87. The van der Waals surface area contributed by atoms with Crippen molar-refractivity contribution in [3.8, 4) is 0 Å². The Balaban J connectivity index is 2.35. The molecule has 0 saturated carbocycles. The first-order chi connectivity index (χ1) is 6.93. The third-order valence-electron chi connectivity index (χ3n) is 2.70. The predicted molar refractivity (Wildman–Crippen MR) is 56.3 cm³/mol. The average molecular weight is 230 g/mol. The number of aliphatic hydroxyl groups is 1. The van der Waals surface area contributed by atoms with Gasteiger partial charge in [-0.25, -0.2) is 8.78 Å². The van der Waals surface area contributed by atoms with Crippen LogP contribution in [-0.2, 0) is 5.60 Å². The Labute approximate surface area is 91.1 Å². The lowest BCUT2D eigenvalue weighted by Crippen LogP contribution is -2.31. The molecular weight excluding hydrogens is 218 g/mol. The summed E-state index contributed by atoms with van der Waals surface area (Å²) in [7, 11) is 0. The lowest BCUT2D eigenvalue weighted by molar-refractivity contribution is -0.0125. The van der Waals surface area contributed by atoms with Crippen molar-refractivity contribution in [2.24, 2.45) is 0 Å². The number of rotatable bonds is 1. The summed E-state index contributed by atoms with van der Waals surface area (Å²) in [6.45, 7) is 1.88. The number of thiophene rings is 1. The van der Waals surface area contributed by atoms with Crippen molar-refractivity contribution in [1.29, 1.82) is 0 Å². The normalized spacial score (nSPS) is 29.3. The zero-order valence-electron chi connectivity index (χ0n) is 8.34. The summed E-state index contributed by atoms with van der Waals surface area (Å²) in [5.41, 5.74) is -0.239. The minimum Gasteiger partial charge on any atom is -0.380 e. The van der Waals surface area contributed by atoms with Gasteiger partial charge in [0, 0.05) is 11.3 Å². The predicted octanol–water partition coefficient (Wildman–Crippen LogP) is 3.23. The Morgan fingerprint density at radius 2 is 2.07 bits per heavy atom. The van der Waals surface area contributed by atoms with Crippen molar-refractivity contribution in [3.63, 3.8) is 0 Å². The van der Waals surface area contributed by atoms with E-state index in [1.54, 1.807) is 0 Å². The van der Waals surface area contributed by atoms with E-state index >= 15 is 0 Å². The van der Waals surface area contributed by atoms with Gasteiger partial charge in [-0.3, -0.25) is 0 Å². The van der Waals surface area contributed by atoms with Crippen LogP contribution in [0.25, 0.3) is 0 Å². The summed E-state index contributed by atoms with van der Waals surface area (Å²) in [5, 5.41) is 12.1. The average Bonchev–Trinajstić information content (AvgIpc) is 2.58. The second-order valence-electron chi connectivity index (χ2n) is 3.95. The molecule has 1 aliphatic carbocycles. The van der Waals surface area contributed by atoms with Gasteiger partial charge < -0.3 is 5.11 Å². The molecule has 1 N–H and O–H groups in total. The molecule has 1 nitrogen and oxygen atoms in total. The summed E-state index contributed by atoms with van der Waals surface area (Å²) in [6, 6.07) is 1.89. The topological polar surface area (TPSA) is 20.2 Å². The van der Waals surface area contributed by atoms with Crippen LogP contribution in [0.5, 0.6) is 0 Å². The molecule has 1 unspecified atom stereocenters. The van der Waals surface area contributed by atoms with E-state index in [-0.39, 0.29) is 12.8 Å². The second kappa shape index (κ2) is 3.39. The second-order valence-corrected chi connectivity index (χ2v) is 4.87. The minimum absolute atomic E-state index is 0.0812. The zero-order chi connectivity index (χ0) is 11.1. The van der Waals surface area contributed by atoms with Crippen LogP contribution < -0.4 is 0 Å². The highest BCUT2D eigenvalue weighted by molar-refractivity contribution is 7.10. The van der Waals surface area contributed by atoms with Crippen molar-refractivity contribution in [3.05, 3.63) is 34.0 Å². The largest absolute Gasteiger partial charge is 0.380 e. The number of hydrogen-bond acceptors (Lipinski definition) is 2. The van der Waals surface area contributed by atoms with Gasteiger partial charge in [-0.05, 0) is 42.5 Å². The van der Waals surface area contributed by atoms with Gasteiger partial charge in [-0.15, -0.1) is 11.3 Å². The summed E-state index contributed by atoms with van der Waals surface area (Å²) < 4.78 is 25.8. The molecular formula is C11H12F2OS. The molecule has 15 heavy (non-hydrogen) atoms. The Kier molecular flexibility index (Phi) is 2.43. The van der Waals surface area contributed by atoms with Crippen molar-refractivity contribution in [1.82, 2.24) is 0 Å². The highest BCUT2D eigenvalue weighted by Crippen LogP contribution is 2.41. The molecule has 0 fully saturated rings. The zero-order valence-corrected chi connectivity index (χ0v) is 9.15. The van der Waals surface area contributed by atoms with Gasteiger partial charge in [0.05, 0.1) is 0 Å². The number of aryl methyl sites for hydroxylation is 1. The maximum absolute atomic E-state index is 12.9. The SMILES string of the molecule is Cc1ccsc1C1(O)C=CC(F)(F)CC1. The van der Waals surface area contributed by atoms with Crippen LogP contribution in [0.3, 0.4) is 0 Å². The van der Waals surface area contributed by atoms with E-state index < -0.39 is 11.5 Å². The number of hydrogen-bond donors (Lipinski definition) is 1. The number of halogens is 2. The first-order valence-electron chi connectivity index (χ1n) is 4.78. The summed E-state index contributed by atoms with van der Waals surface area (Å²) in [6.07, 6.45) is 1.83. The number of alkyl halides is 2. The quantitative estimate of drug-likeness (QED) is 0.734. The Morgan fingerprint density at radius 3 is 2.53 bits per heavy atom. The first kappa shape index (κ1) is 10.8. The molecule has 2 rings (SSSR count). The van der Waals surface area contributed by atoms with Gasteiger partial charge in [-0.2, -0.15) is 0 Å². The van der Waals surface area contributed by atoms with Crippen molar-refractivity contribution in [2.45, 2.75) is 31.3 Å². The smallest absolute Gasteiger partial charge is 0.266 e. The molecule has 0 spiro atoms. The van der Waals surface area contributed by atoms with E-state index in [1.807, 2.05) is 18.4 Å². The molecule has 0 aromatic carbocycles. The maximum Gasteiger partial charge on any atom is 0.266 e. The van der Waals surface area contributed by atoms with Gasteiger partial charge in [-0.1, -0.05) is 0 Å². The third-order valence-corrected chi connectivity index (χ3v) is 3.88. The van der Waals surface area contributed by atoms with E-state index in [1.165, 1.54) is 17.4 Å². The Morgan fingerprint density at radius 1 is 1.33 bits per heavy atom. The number of allylic oxidation sites excluding steroid dienone is 1. The molecule has 1 aromatic rings. The monoisotopic (exact) mass is 230 g/mol. The van der Waals surface area contributed by atoms with Gasteiger partial charge in [0.15, 0.2) is 0 Å². The van der Waals surface area contributed by atoms with Crippen molar-refractivity contribution in [2.75, 3.05) is 0 Å². The fourth-order valence-electron chi connectivity index (χ4n) is 1.79. The van der Waals surface area contributed by atoms with Crippen molar-refractivity contribution >= 4 is 11.3 Å². The molecule has 1 heterocycles. The molecule has 0 saturated heterocycles. The van der Waals surface area contributed by atoms with Crippen LogP contribution in [0, 0.1) is 6.92 Å². The van der Waals surface area contributed by atoms with E-state index in [0.717, 1.165) is 16.5 Å². The summed E-state index contributed by atoms with van der Waals surface area (Å²) in [4.78, 5) is 0.772. The van der Waals surface area contributed by atoms with Crippen LogP contribution in [0.15, 0.2) is 23.6 Å². The third kappa shape index (κ3) is 1.96. The van der Waals surface area contributed by atoms with E-state index in [0.29, 0.717) is 0 Å². The fourth-order valence-corrected chi connectivity index (χ4v) is 2.83. The van der Waals surface area contributed by atoms with Gasteiger partial charge in [0.1, 0.15) is 5.60 Å². The van der Waals surface area contributed by atoms with Gasteiger partial charge in [0.2, 0.25) is 0 Å². The molecule has 4 heteroatoms. The maximum atomic E-state index is 12.9. The highest BCUT2D eigenvalue weighted by atomic mass is 32.1. The summed E-state index contributed by atoms with van der Waals surface area (Å²) >= 11 is 1.41. The fraction of sp³-hybridized carbons (Fsp3) is 0.455. The molecule has 1 aromatic heterocycles. The lowest BCUT2D eigenvalue weighted by Gasteiger charge is -2.30. The van der Waals surface area contributed by atoms with Gasteiger partial charge in [0.25, 0.3) is 5.92 Å². The van der Waals surface area contributed by atoms with Crippen LogP contribution in [0.2, 0.25) is 0 Å². The van der Waals surface area contributed by atoms with E-state index in [9.17, 15) is 13.9 Å². The Hall–Kier alpha value is -0.740. The highest BCUT2D eigenvalue weighted by Gasteiger charge is 2.39.